The number of rotatable bonds is 3. The summed E-state index contributed by atoms with van der Waals surface area (Å²) in [5.74, 6) is 0.112. The highest BCUT2D eigenvalue weighted by Gasteiger charge is 2.27. The Morgan fingerprint density at radius 1 is 1.14 bits per heavy atom. The molecule has 0 radical (unpaired) electrons. The second-order valence-electron chi connectivity index (χ2n) is 5.12. The maximum atomic E-state index is 12.6. The Kier molecular flexibility index (Phi) is 3.73. The predicted octanol–water partition coefficient (Wildman–Crippen LogP) is 3.76. The smallest absolute Gasteiger partial charge is 0.229 e. The van der Waals surface area contributed by atoms with Gasteiger partial charge in [-0.3, -0.25) is 4.79 Å². The molecule has 0 spiro atoms. The van der Waals surface area contributed by atoms with Gasteiger partial charge < -0.3 is 10.2 Å². The molecule has 3 heteroatoms. The van der Waals surface area contributed by atoms with Crippen molar-refractivity contribution in [3.63, 3.8) is 0 Å². The van der Waals surface area contributed by atoms with Crippen LogP contribution in [-0.4, -0.2) is 12.5 Å². The van der Waals surface area contributed by atoms with E-state index in [1.54, 1.807) is 11.0 Å². The van der Waals surface area contributed by atoms with E-state index in [1.807, 2.05) is 42.5 Å². The second kappa shape index (κ2) is 5.83. The molecular weight excluding hydrogens is 260 g/mol. The van der Waals surface area contributed by atoms with Crippen LogP contribution in [0.3, 0.4) is 0 Å². The average molecular weight is 278 g/mol. The molecule has 3 rings (SSSR count). The van der Waals surface area contributed by atoms with Gasteiger partial charge in [-0.2, -0.15) is 0 Å². The zero-order chi connectivity index (χ0) is 14.7. The van der Waals surface area contributed by atoms with E-state index in [9.17, 15) is 4.79 Å². The fraction of sp³-hybridized carbons (Fsp3) is 0.167. The van der Waals surface area contributed by atoms with Crippen LogP contribution >= 0.6 is 0 Å². The number of fused-ring (bicyclic) bond motifs is 1. The van der Waals surface area contributed by atoms with Crippen molar-refractivity contribution in [2.75, 3.05) is 16.8 Å². The van der Waals surface area contributed by atoms with Crippen LogP contribution in [0.5, 0.6) is 0 Å². The van der Waals surface area contributed by atoms with Crippen molar-refractivity contribution in [3.05, 3.63) is 72.8 Å². The van der Waals surface area contributed by atoms with Gasteiger partial charge in [-0.15, -0.1) is 6.58 Å². The fourth-order valence-corrected chi connectivity index (χ4v) is 2.70. The highest BCUT2D eigenvalue weighted by atomic mass is 16.2. The normalized spacial score (nSPS) is 17.6. The summed E-state index contributed by atoms with van der Waals surface area (Å²) in [5.41, 5.74) is 3.03. The standard InChI is InChI=1S/C18H18N2O/c1-2-12-20-17-11-7-6-10-15(17)19-16(13-18(20)21)14-8-4-3-5-9-14/h2-11,16,19H,1,12-13H2. The average Bonchev–Trinajstić information content (AvgIpc) is 2.66. The SMILES string of the molecule is C=CCN1C(=O)CC(c2ccccc2)Nc2ccccc21. The van der Waals surface area contributed by atoms with Gasteiger partial charge in [0, 0.05) is 6.54 Å². The number of hydrogen-bond acceptors (Lipinski definition) is 2. The van der Waals surface area contributed by atoms with Gasteiger partial charge in [-0.25, -0.2) is 0 Å². The first-order valence-corrected chi connectivity index (χ1v) is 7.11. The summed E-state index contributed by atoms with van der Waals surface area (Å²) in [5, 5.41) is 3.50. The molecule has 1 atom stereocenters. The van der Waals surface area contributed by atoms with E-state index >= 15 is 0 Å². The number of nitrogens with zero attached hydrogens (tertiary/aromatic N) is 1. The first kappa shape index (κ1) is 13.4. The van der Waals surface area contributed by atoms with Crippen LogP contribution in [0.15, 0.2) is 67.3 Å². The quantitative estimate of drug-likeness (QED) is 0.867. The van der Waals surface area contributed by atoms with Crippen LogP contribution in [0.25, 0.3) is 0 Å². The number of para-hydroxylation sites is 2. The molecule has 1 aliphatic rings. The molecule has 1 aliphatic heterocycles. The van der Waals surface area contributed by atoms with Crippen molar-refractivity contribution < 1.29 is 4.79 Å². The zero-order valence-electron chi connectivity index (χ0n) is 11.8. The number of nitrogens with one attached hydrogen (secondary N) is 1. The third-order valence-corrected chi connectivity index (χ3v) is 3.72. The third kappa shape index (κ3) is 2.68. The Balaban J connectivity index is 2.01. The zero-order valence-corrected chi connectivity index (χ0v) is 11.8. The summed E-state index contributed by atoms with van der Waals surface area (Å²) in [7, 11) is 0. The molecule has 106 valence electrons. The first-order valence-electron chi connectivity index (χ1n) is 7.11. The summed E-state index contributed by atoms with van der Waals surface area (Å²) in [6.07, 6.45) is 2.20. The number of hydrogen-bond donors (Lipinski definition) is 1. The Hall–Kier alpha value is -2.55. The van der Waals surface area contributed by atoms with Crippen molar-refractivity contribution in [1.82, 2.24) is 0 Å². The molecular formula is C18H18N2O. The lowest BCUT2D eigenvalue weighted by molar-refractivity contribution is -0.118. The first-order chi connectivity index (χ1) is 10.3. The van der Waals surface area contributed by atoms with E-state index < -0.39 is 0 Å². The summed E-state index contributed by atoms with van der Waals surface area (Å²) < 4.78 is 0. The summed E-state index contributed by atoms with van der Waals surface area (Å²) in [4.78, 5) is 14.4. The molecule has 1 amide bonds. The molecule has 3 nitrogen and oxygen atoms in total. The van der Waals surface area contributed by atoms with Gasteiger partial charge in [0.1, 0.15) is 0 Å². The van der Waals surface area contributed by atoms with E-state index in [0.29, 0.717) is 13.0 Å². The third-order valence-electron chi connectivity index (χ3n) is 3.72. The lowest BCUT2D eigenvalue weighted by Crippen LogP contribution is -2.30. The Labute approximate surface area is 124 Å². The van der Waals surface area contributed by atoms with Crippen molar-refractivity contribution in [2.24, 2.45) is 0 Å². The van der Waals surface area contributed by atoms with E-state index in [2.05, 4.69) is 24.0 Å². The molecule has 1 N–H and O–H groups in total. The van der Waals surface area contributed by atoms with Gasteiger partial charge in [-0.05, 0) is 17.7 Å². The van der Waals surface area contributed by atoms with Crippen molar-refractivity contribution in [3.8, 4) is 0 Å². The van der Waals surface area contributed by atoms with Crippen molar-refractivity contribution in [1.29, 1.82) is 0 Å². The molecule has 2 aromatic rings. The van der Waals surface area contributed by atoms with Crippen LogP contribution in [0.4, 0.5) is 11.4 Å². The number of anilines is 2. The molecule has 0 bridgehead atoms. The van der Waals surface area contributed by atoms with Gasteiger partial charge in [0.25, 0.3) is 0 Å². The van der Waals surface area contributed by atoms with E-state index in [-0.39, 0.29) is 11.9 Å². The Morgan fingerprint density at radius 2 is 1.86 bits per heavy atom. The van der Waals surface area contributed by atoms with Gasteiger partial charge in [0.15, 0.2) is 0 Å². The largest absolute Gasteiger partial charge is 0.376 e. The fourth-order valence-electron chi connectivity index (χ4n) is 2.70. The minimum absolute atomic E-state index is 0.00494. The van der Waals surface area contributed by atoms with Crippen LogP contribution in [0.2, 0.25) is 0 Å². The Morgan fingerprint density at radius 3 is 2.62 bits per heavy atom. The molecule has 2 aromatic carbocycles. The molecule has 0 aromatic heterocycles. The minimum atomic E-state index is -0.00494. The minimum Gasteiger partial charge on any atom is -0.376 e. The summed E-state index contributed by atoms with van der Waals surface area (Å²) in [6, 6.07) is 18.0. The maximum absolute atomic E-state index is 12.6. The van der Waals surface area contributed by atoms with Crippen LogP contribution in [-0.2, 0) is 4.79 Å². The van der Waals surface area contributed by atoms with E-state index in [4.69, 9.17) is 0 Å². The lowest BCUT2D eigenvalue weighted by atomic mass is 10.0. The predicted molar refractivity (Wildman–Crippen MR) is 86.4 cm³/mol. The maximum Gasteiger partial charge on any atom is 0.229 e. The lowest BCUT2D eigenvalue weighted by Gasteiger charge is -2.20. The molecule has 0 aliphatic carbocycles. The van der Waals surface area contributed by atoms with E-state index in [0.717, 1.165) is 16.9 Å². The number of carbonyl (C=O) groups excluding carboxylic acids is 1. The van der Waals surface area contributed by atoms with Crippen molar-refractivity contribution >= 4 is 17.3 Å². The Bertz CT molecular complexity index is 651. The number of benzene rings is 2. The van der Waals surface area contributed by atoms with Gasteiger partial charge in [0.05, 0.1) is 23.8 Å². The van der Waals surface area contributed by atoms with Crippen LogP contribution in [0, 0.1) is 0 Å². The van der Waals surface area contributed by atoms with Crippen LogP contribution < -0.4 is 10.2 Å². The number of amides is 1. The highest BCUT2D eigenvalue weighted by Crippen LogP contribution is 2.35. The molecule has 1 heterocycles. The number of carbonyl (C=O) groups is 1. The van der Waals surface area contributed by atoms with Gasteiger partial charge in [0.2, 0.25) is 5.91 Å². The second-order valence-corrected chi connectivity index (χ2v) is 5.12. The topological polar surface area (TPSA) is 32.3 Å². The van der Waals surface area contributed by atoms with Crippen LogP contribution in [0.1, 0.15) is 18.0 Å². The highest BCUT2D eigenvalue weighted by molar-refractivity contribution is 5.99. The molecule has 0 fully saturated rings. The molecule has 21 heavy (non-hydrogen) atoms. The molecule has 0 saturated heterocycles. The molecule has 0 saturated carbocycles. The summed E-state index contributed by atoms with van der Waals surface area (Å²) >= 11 is 0. The van der Waals surface area contributed by atoms with E-state index in [1.165, 1.54) is 0 Å². The van der Waals surface area contributed by atoms with Crippen molar-refractivity contribution in [2.45, 2.75) is 12.5 Å². The monoisotopic (exact) mass is 278 g/mol. The molecule has 1 unspecified atom stereocenters. The van der Waals surface area contributed by atoms with Gasteiger partial charge >= 0.3 is 0 Å². The summed E-state index contributed by atoms with van der Waals surface area (Å²) in [6.45, 7) is 4.28. The van der Waals surface area contributed by atoms with Gasteiger partial charge in [-0.1, -0.05) is 48.5 Å².